The molecule has 7 heteroatoms. The van der Waals surface area contributed by atoms with Crippen LogP contribution in [-0.4, -0.2) is 53.0 Å². The van der Waals surface area contributed by atoms with Crippen molar-refractivity contribution in [3.05, 3.63) is 22.8 Å². The number of halogens is 1. The van der Waals surface area contributed by atoms with Gasteiger partial charge in [-0.1, -0.05) is 11.6 Å². The van der Waals surface area contributed by atoms with Crippen molar-refractivity contribution < 1.29 is 14.7 Å². The number of hydrogen-bond donors (Lipinski definition) is 1. The van der Waals surface area contributed by atoms with E-state index in [1.165, 1.54) is 19.1 Å². The van der Waals surface area contributed by atoms with Gasteiger partial charge in [-0.2, -0.15) is 0 Å². The summed E-state index contributed by atoms with van der Waals surface area (Å²) < 4.78 is 0. The third kappa shape index (κ3) is 2.96. The molecule has 0 aliphatic carbocycles. The molecule has 0 saturated carbocycles. The Morgan fingerprint density at radius 1 is 1.26 bits per heavy atom. The van der Waals surface area contributed by atoms with E-state index < -0.39 is 5.97 Å². The monoisotopic (exact) mass is 283 g/mol. The summed E-state index contributed by atoms with van der Waals surface area (Å²) >= 11 is 5.82. The molecule has 2 heterocycles. The Kier molecular flexibility index (Phi) is 3.90. The smallest absolute Gasteiger partial charge is 0.339 e. The highest BCUT2D eigenvalue weighted by molar-refractivity contribution is 6.29. The van der Waals surface area contributed by atoms with E-state index in [9.17, 15) is 9.59 Å². The topological polar surface area (TPSA) is 73.7 Å². The first-order valence-electron chi connectivity index (χ1n) is 5.89. The van der Waals surface area contributed by atoms with Gasteiger partial charge < -0.3 is 14.9 Å². The van der Waals surface area contributed by atoms with Crippen LogP contribution < -0.4 is 4.90 Å². The van der Waals surface area contributed by atoms with Crippen molar-refractivity contribution in [2.75, 3.05) is 31.1 Å². The minimum atomic E-state index is -1.03. The molecular weight excluding hydrogens is 270 g/mol. The van der Waals surface area contributed by atoms with Crippen LogP contribution in [0.1, 0.15) is 17.3 Å². The summed E-state index contributed by atoms with van der Waals surface area (Å²) in [5.41, 5.74) is 0.126. The quantitative estimate of drug-likeness (QED) is 0.823. The molecule has 1 saturated heterocycles. The number of carbonyl (C=O) groups is 2. The number of carbonyl (C=O) groups excluding carboxylic acids is 1. The van der Waals surface area contributed by atoms with Crippen LogP contribution in [0.2, 0.25) is 5.15 Å². The fourth-order valence-electron chi connectivity index (χ4n) is 2.07. The van der Waals surface area contributed by atoms with E-state index in [2.05, 4.69) is 4.98 Å². The van der Waals surface area contributed by atoms with Gasteiger partial charge in [0.2, 0.25) is 5.91 Å². The molecule has 1 N–H and O–H groups in total. The number of piperazine rings is 1. The first-order chi connectivity index (χ1) is 8.99. The number of carboxylic acid groups (broad SMARTS) is 1. The van der Waals surface area contributed by atoms with Gasteiger partial charge in [-0.25, -0.2) is 9.78 Å². The van der Waals surface area contributed by atoms with Gasteiger partial charge in [0.25, 0.3) is 0 Å². The molecule has 2 rings (SSSR count). The van der Waals surface area contributed by atoms with E-state index in [-0.39, 0.29) is 16.6 Å². The second kappa shape index (κ2) is 5.44. The predicted molar refractivity (Wildman–Crippen MR) is 70.7 cm³/mol. The molecule has 1 fully saturated rings. The zero-order chi connectivity index (χ0) is 14.0. The predicted octanol–water partition coefficient (Wildman–Crippen LogP) is 1.10. The molecule has 0 radical (unpaired) electrons. The molecule has 1 aromatic rings. The number of aromatic nitrogens is 1. The van der Waals surface area contributed by atoms with E-state index in [4.69, 9.17) is 16.7 Å². The SMILES string of the molecule is CC(=O)N1CCN(c2nc(Cl)ccc2C(=O)O)CC1. The van der Waals surface area contributed by atoms with E-state index in [1.807, 2.05) is 4.90 Å². The van der Waals surface area contributed by atoms with E-state index in [0.717, 1.165) is 0 Å². The molecule has 0 atom stereocenters. The average Bonchev–Trinajstić information content (AvgIpc) is 2.38. The van der Waals surface area contributed by atoms with Crippen LogP contribution in [0.5, 0.6) is 0 Å². The number of hydrogen-bond acceptors (Lipinski definition) is 4. The van der Waals surface area contributed by atoms with Gasteiger partial charge in [-0.05, 0) is 12.1 Å². The maximum absolute atomic E-state index is 11.2. The molecule has 1 aliphatic rings. The zero-order valence-corrected chi connectivity index (χ0v) is 11.2. The number of carboxylic acids is 1. The van der Waals surface area contributed by atoms with Crippen LogP contribution in [0.4, 0.5) is 5.82 Å². The van der Waals surface area contributed by atoms with E-state index in [1.54, 1.807) is 4.90 Å². The van der Waals surface area contributed by atoms with Crippen molar-refractivity contribution in [1.29, 1.82) is 0 Å². The van der Waals surface area contributed by atoms with Crippen molar-refractivity contribution in [1.82, 2.24) is 9.88 Å². The standard InChI is InChI=1S/C12H14ClN3O3/c1-8(17)15-4-6-16(7-5-15)11-9(12(18)19)2-3-10(13)14-11/h2-3H,4-7H2,1H3,(H,18,19). The highest BCUT2D eigenvalue weighted by atomic mass is 35.5. The number of pyridine rings is 1. The van der Waals surface area contributed by atoms with Gasteiger partial charge in [0.05, 0.1) is 0 Å². The second-order valence-corrected chi connectivity index (χ2v) is 4.69. The lowest BCUT2D eigenvalue weighted by Gasteiger charge is -2.35. The largest absolute Gasteiger partial charge is 0.478 e. The highest BCUT2D eigenvalue weighted by Crippen LogP contribution is 2.22. The van der Waals surface area contributed by atoms with E-state index >= 15 is 0 Å². The molecule has 19 heavy (non-hydrogen) atoms. The molecular formula is C12H14ClN3O3. The van der Waals surface area contributed by atoms with Crippen LogP contribution in [0.15, 0.2) is 12.1 Å². The lowest BCUT2D eigenvalue weighted by molar-refractivity contribution is -0.129. The molecule has 6 nitrogen and oxygen atoms in total. The number of anilines is 1. The summed E-state index contributed by atoms with van der Waals surface area (Å²) in [5.74, 6) is -0.645. The third-order valence-corrected chi connectivity index (χ3v) is 3.31. The molecule has 102 valence electrons. The van der Waals surface area contributed by atoms with Crippen molar-refractivity contribution in [2.45, 2.75) is 6.92 Å². The minimum absolute atomic E-state index is 0.0251. The summed E-state index contributed by atoms with van der Waals surface area (Å²) in [5, 5.41) is 9.41. The number of nitrogens with zero attached hydrogens (tertiary/aromatic N) is 3. The highest BCUT2D eigenvalue weighted by Gasteiger charge is 2.23. The van der Waals surface area contributed by atoms with Crippen LogP contribution in [0, 0.1) is 0 Å². The Hall–Kier alpha value is -1.82. The van der Waals surface area contributed by atoms with Crippen molar-refractivity contribution in [2.24, 2.45) is 0 Å². The van der Waals surface area contributed by atoms with Crippen LogP contribution in [0.25, 0.3) is 0 Å². The lowest BCUT2D eigenvalue weighted by atomic mass is 10.2. The molecule has 1 aliphatic heterocycles. The van der Waals surface area contributed by atoms with Crippen LogP contribution in [0.3, 0.4) is 0 Å². The molecule has 1 aromatic heterocycles. The maximum Gasteiger partial charge on any atom is 0.339 e. The van der Waals surface area contributed by atoms with Gasteiger partial charge in [-0.3, -0.25) is 4.79 Å². The summed E-state index contributed by atoms with van der Waals surface area (Å²) in [6.45, 7) is 3.74. The first-order valence-corrected chi connectivity index (χ1v) is 6.27. The van der Waals surface area contributed by atoms with Crippen LogP contribution >= 0.6 is 11.6 Å². The summed E-state index contributed by atoms with van der Waals surface area (Å²) in [6.07, 6.45) is 0. The average molecular weight is 284 g/mol. The van der Waals surface area contributed by atoms with Gasteiger partial charge >= 0.3 is 5.97 Å². The molecule has 0 bridgehead atoms. The van der Waals surface area contributed by atoms with Crippen molar-refractivity contribution in [3.63, 3.8) is 0 Å². The van der Waals surface area contributed by atoms with Crippen molar-refractivity contribution in [3.8, 4) is 0 Å². The number of rotatable bonds is 2. The molecule has 0 aromatic carbocycles. The van der Waals surface area contributed by atoms with Gasteiger partial charge in [0.1, 0.15) is 16.5 Å². The maximum atomic E-state index is 11.2. The second-order valence-electron chi connectivity index (χ2n) is 4.30. The minimum Gasteiger partial charge on any atom is -0.478 e. The zero-order valence-electron chi connectivity index (χ0n) is 10.5. The summed E-state index contributed by atoms with van der Waals surface area (Å²) in [6, 6.07) is 2.91. The fourth-order valence-corrected chi connectivity index (χ4v) is 2.21. The third-order valence-electron chi connectivity index (χ3n) is 3.10. The Labute approximate surface area is 115 Å². The number of amides is 1. The van der Waals surface area contributed by atoms with Gasteiger partial charge in [0, 0.05) is 33.1 Å². The van der Waals surface area contributed by atoms with Crippen LogP contribution in [-0.2, 0) is 4.79 Å². The molecule has 0 spiro atoms. The Morgan fingerprint density at radius 2 is 1.89 bits per heavy atom. The Bertz CT molecular complexity index is 513. The molecule has 1 amide bonds. The van der Waals surface area contributed by atoms with Crippen molar-refractivity contribution >= 4 is 29.3 Å². The van der Waals surface area contributed by atoms with Gasteiger partial charge in [-0.15, -0.1) is 0 Å². The summed E-state index contributed by atoms with van der Waals surface area (Å²) in [4.78, 5) is 30.1. The van der Waals surface area contributed by atoms with E-state index in [0.29, 0.717) is 32.0 Å². The number of aromatic carboxylic acids is 1. The molecule has 0 unspecified atom stereocenters. The normalized spacial score (nSPS) is 15.5. The Balaban J connectivity index is 2.21. The summed E-state index contributed by atoms with van der Waals surface area (Å²) in [7, 11) is 0. The fraction of sp³-hybridized carbons (Fsp3) is 0.417. The first kappa shape index (κ1) is 13.6. The Morgan fingerprint density at radius 3 is 2.42 bits per heavy atom. The van der Waals surface area contributed by atoms with Gasteiger partial charge in [0.15, 0.2) is 0 Å². The lowest BCUT2D eigenvalue weighted by Crippen LogP contribution is -2.48.